The molecule has 0 heterocycles. The number of rotatable bonds is 3. The molecule has 2 fully saturated rings. The molecule has 1 nitrogen and oxygen atoms in total. The van der Waals surface area contributed by atoms with Crippen molar-refractivity contribution >= 4 is 28.2 Å². The molecule has 0 aromatic rings. The first kappa shape index (κ1) is 12.8. The van der Waals surface area contributed by atoms with Gasteiger partial charge in [-0.15, -0.1) is 11.7 Å². The maximum atomic E-state index is 12.1. The van der Waals surface area contributed by atoms with Crippen molar-refractivity contribution < 1.29 is 4.79 Å². The van der Waals surface area contributed by atoms with Crippen LogP contribution in [0.25, 0.3) is 0 Å². The van der Waals surface area contributed by atoms with Crippen LogP contribution in [0.5, 0.6) is 0 Å². The standard InChI is InChI=1S/C13H22OS2/c14-12-7-3-2-6-11(12)13(10-16-15)8-4-1-5-9-13/h11,15H,1-10H2. The highest BCUT2D eigenvalue weighted by molar-refractivity contribution is 8.68. The van der Waals surface area contributed by atoms with Crippen LogP contribution in [0.1, 0.15) is 57.8 Å². The molecule has 1 unspecified atom stereocenters. The predicted molar refractivity (Wildman–Crippen MR) is 73.9 cm³/mol. The minimum absolute atomic E-state index is 0.308. The maximum Gasteiger partial charge on any atom is 0.136 e. The van der Waals surface area contributed by atoms with Crippen LogP contribution in [-0.4, -0.2) is 11.5 Å². The van der Waals surface area contributed by atoms with Crippen molar-refractivity contribution in [3.05, 3.63) is 0 Å². The van der Waals surface area contributed by atoms with Gasteiger partial charge in [-0.3, -0.25) is 4.79 Å². The Hall–Kier alpha value is 0.370. The number of ketones is 1. The van der Waals surface area contributed by atoms with E-state index < -0.39 is 0 Å². The summed E-state index contributed by atoms with van der Waals surface area (Å²) < 4.78 is 0. The van der Waals surface area contributed by atoms with Crippen LogP contribution in [0.4, 0.5) is 0 Å². The van der Waals surface area contributed by atoms with Crippen molar-refractivity contribution in [3.63, 3.8) is 0 Å². The van der Waals surface area contributed by atoms with Crippen LogP contribution in [-0.2, 0) is 4.79 Å². The smallest absolute Gasteiger partial charge is 0.136 e. The zero-order valence-corrected chi connectivity index (χ0v) is 11.6. The van der Waals surface area contributed by atoms with Gasteiger partial charge < -0.3 is 0 Å². The van der Waals surface area contributed by atoms with E-state index in [1.165, 1.54) is 38.5 Å². The lowest BCUT2D eigenvalue weighted by Gasteiger charge is -2.44. The van der Waals surface area contributed by atoms with E-state index >= 15 is 0 Å². The SMILES string of the molecule is O=C1CCCCC1C1(CSS)CCCCC1. The molecule has 0 aromatic carbocycles. The average molecular weight is 258 g/mol. The Bertz CT molecular complexity index is 241. The van der Waals surface area contributed by atoms with Gasteiger partial charge in [-0.25, -0.2) is 0 Å². The first-order valence-electron chi connectivity index (χ1n) is 6.58. The molecule has 2 rings (SSSR count). The molecule has 0 bridgehead atoms. The molecule has 0 spiro atoms. The van der Waals surface area contributed by atoms with E-state index in [9.17, 15) is 4.79 Å². The maximum absolute atomic E-state index is 12.1. The van der Waals surface area contributed by atoms with Crippen LogP contribution in [0.15, 0.2) is 0 Å². The summed E-state index contributed by atoms with van der Waals surface area (Å²) in [4.78, 5) is 12.1. The van der Waals surface area contributed by atoms with E-state index in [4.69, 9.17) is 0 Å². The third-order valence-electron chi connectivity index (χ3n) is 4.50. The molecule has 92 valence electrons. The second-order valence-electron chi connectivity index (χ2n) is 5.46. The summed E-state index contributed by atoms with van der Waals surface area (Å²) in [6, 6.07) is 0. The van der Waals surface area contributed by atoms with E-state index in [0.717, 1.165) is 25.0 Å². The Balaban J connectivity index is 2.12. The second kappa shape index (κ2) is 5.81. The first-order valence-corrected chi connectivity index (χ1v) is 8.61. The third-order valence-corrected chi connectivity index (χ3v) is 5.59. The lowest BCUT2D eigenvalue weighted by Crippen LogP contribution is -2.41. The molecule has 2 aliphatic rings. The van der Waals surface area contributed by atoms with Crippen LogP contribution in [0, 0.1) is 11.3 Å². The van der Waals surface area contributed by atoms with Gasteiger partial charge in [0.1, 0.15) is 5.78 Å². The van der Waals surface area contributed by atoms with E-state index in [1.54, 1.807) is 10.8 Å². The summed E-state index contributed by atoms with van der Waals surface area (Å²) >= 11 is 4.34. The van der Waals surface area contributed by atoms with E-state index in [0.29, 0.717) is 17.1 Å². The number of carbonyl (C=O) groups excluding carboxylic acids is 1. The molecule has 0 aromatic heterocycles. The monoisotopic (exact) mass is 258 g/mol. The van der Waals surface area contributed by atoms with Gasteiger partial charge in [-0.2, -0.15) is 0 Å². The average Bonchev–Trinajstić information content (AvgIpc) is 2.31. The Kier molecular flexibility index (Phi) is 4.66. The van der Waals surface area contributed by atoms with Gasteiger partial charge in [0.25, 0.3) is 0 Å². The number of hydrogen-bond acceptors (Lipinski definition) is 3. The molecular formula is C13H22OS2. The van der Waals surface area contributed by atoms with Crippen molar-refractivity contribution in [3.8, 4) is 0 Å². The van der Waals surface area contributed by atoms with Crippen molar-refractivity contribution in [2.24, 2.45) is 11.3 Å². The Morgan fingerprint density at radius 3 is 2.56 bits per heavy atom. The number of Topliss-reactive ketones (excluding diaryl/α,β-unsaturated/α-hetero) is 1. The van der Waals surface area contributed by atoms with Gasteiger partial charge in [0.2, 0.25) is 0 Å². The van der Waals surface area contributed by atoms with Crippen LogP contribution >= 0.6 is 22.5 Å². The van der Waals surface area contributed by atoms with Crippen LogP contribution in [0.3, 0.4) is 0 Å². The zero-order chi connectivity index (χ0) is 11.4. The van der Waals surface area contributed by atoms with Crippen LogP contribution in [0.2, 0.25) is 0 Å². The molecule has 0 aliphatic heterocycles. The fourth-order valence-electron chi connectivity index (χ4n) is 3.61. The lowest BCUT2D eigenvalue weighted by atomic mass is 9.62. The summed E-state index contributed by atoms with van der Waals surface area (Å²) in [5.74, 6) is 1.99. The Morgan fingerprint density at radius 1 is 1.19 bits per heavy atom. The van der Waals surface area contributed by atoms with Gasteiger partial charge in [0.15, 0.2) is 0 Å². The topological polar surface area (TPSA) is 17.1 Å². The van der Waals surface area contributed by atoms with Crippen molar-refractivity contribution in [1.82, 2.24) is 0 Å². The summed E-state index contributed by atoms with van der Waals surface area (Å²) in [5.41, 5.74) is 0.308. The number of thiol groups is 1. The first-order chi connectivity index (χ1) is 7.78. The molecular weight excluding hydrogens is 236 g/mol. The molecule has 16 heavy (non-hydrogen) atoms. The zero-order valence-electron chi connectivity index (χ0n) is 9.91. The van der Waals surface area contributed by atoms with Gasteiger partial charge >= 0.3 is 0 Å². The largest absolute Gasteiger partial charge is 0.299 e. The van der Waals surface area contributed by atoms with Crippen molar-refractivity contribution in [1.29, 1.82) is 0 Å². The fraction of sp³-hybridized carbons (Fsp3) is 0.923. The highest BCUT2D eigenvalue weighted by Gasteiger charge is 2.43. The highest BCUT2D eigenvalue weighted by Crippen LogP contribution is 2.49. The molecule has 2 aliphatic carbocycles. The van der Waals surface area contributed by atoms with Gasteiger partial charge in [0.05, 0.1) is 0 Å². The van der Waals surface area contributed by atoms with Crippen LogP contribution < -0.4 is 0 Å². The molecule has 0 radical (unpaired) electrons. The molecule has 1 atom stereocenters. The second-order valence-corrected chi connectivity index (χ2v) is 6.78. The van der Waals surface area contributed by atoms with E-state index in [2.05, 4.69) is 11.7 Å². The summed E-state index contributed by atoms with van der Waals surface area (Å²) in [6.45, 7) is 0. The lowest BCUT2D eigenvalue weighted by molar-refractivity contribution is -0.129. The summed E-state index contributed by atoms with van der Waals surface area (Å²) in [5, 5.41) is 0. The fourth-order valence-corrected chi connectivity index (χ4v) is 5.13. The Labute approximate surface area is 108 Å². The predicted octanol–water partition coefficient (Wildman–Crippen LogP) is 4.27. The summed E-state index contributed by atoms with van der Waals surface area (Å²) in [7, 11) is 1.64. The molecule has 2 saturated carbocycles. The van der Waals surface area contributed by atoms with Crippen molar-refractivity contribution in [2.75, 3.05) is 5.75 Å². The number of hydrogen-bond donors (Lipinski definition) is 1. The minimum atomic E-state index is 0.308. The minimum Gasteiger partial charge on any atom is -0.299 e. The highest BCUT2D eigenvalue weighted by atomic mass is 33.1. The van der Waals surface area contributed by atoms with Gasteiger partial charge in [0, 0.05) is 18.1 Å². The molecule has 0 saturated heterocycles. The Morgan fingerprint density at radius 2 is 1.94 bits per heavy atom. The molecule has 0 amide bonds. The normalized spacial score (nSPS) is 30.3. The third kappa shape index (κ3) is 2.61. The number of carbonyl (C=O) groups is 1. The van der Waals surface area contributed by atoms with Gasteiger partial charge in [-0.05, 0) is 31.1 Å². The quantitative estimate of drug-likeness (QED) is 0.601. The summed E-state index contributed by atoms with van der Waals surface area (Å²) in [6.07, 6.45) is 10.9. The molecule has 0 N–H and O–H groups in total. The van der Waals surface area contributed by atoms with E-state index in [1.807, 2.05) is 0 Å². The van der Waals surface area contributed by atoms with Crippen molar-refractivity contribution in [2.45, 2.75) is 57.8 Å². The van der Waals surface area contributed by atoms with E-state index in [-0.39, 0.29) is 0 Å². The van der Waals surface area contributed by atoms with Gasteiger partial charge in [-0.1, -0.05) is 36.5 Å². The molecule has 3 heteroatoms.